The minimum atomic E-state index is -2.72. The topological polar surface area (TPSA) is 38.9 Å². The second-order valence-corrected chi connectivity index (χ2v) is 3.19. The van der Waals surface area contributed by atoms with Gasteiger partial charge in [0, 0.05) is 9.64 Å². The molecular weight excluding hydrogens is 284 g/mol. The van der Waals surface area contributed by atoms with E-state index in [1.165, 1.54) is 0 Å². The molecule has 1 aromatic heterocycles. The number of pyridine rings is 1. The van der Waals surface area contributed by atoms with Gasteiger partial charge in [-0.15, -0.1) is 0 Å². The fourth-order valence-corrected chi connectivity index (χ4v) is 1.50. The van der Waals surface area contributed by atoms with E-state index >= 15 is 0 Å². The molecule has 0 saturated carbocycles. The van der Waals surface area contributed by atoms with Crippen LogP contribution in [0.2, 0.25) is 0 Å². The maximum absolute atomic E-state index is 12.4. The third-order valence-corrected chi connectivity index (χ3v) is 2.12. The van der Waals surface area contributed by atoms with Gasteiger partial charge < -0.3 is 5.73 Å². The van der Waals surface area contributed by atoms with Gasteiger partial charge in [-0.2, -0.15) is 4.39 Å². The van der Waals surface area contributed by atoms with Crippen molar-refractivity contribution in [2.24, 2.45) is 0 Å². The highest BCUT2D eigenvalue weighted by Gasteiger charge is 2.17. The Labute approximate surface area is 80.1 Å². The standard InChI is InChI=1S/C6H4F3IN2/c7-3-1-2(10)4(5(8)9)6(11)12-3/h1,5H,(H2,11,12). The second-order valence-electron chi connectivity index (χ2n) is 2.03. The molecular formula is C6H4F3IN2. The van der Waals surface area contributed by atoms with Crippen LogP contribution in [0.4, 0.5) is 19.0 Å². The number of nitrogens with two attached hydrogens (primary N) is 1. The molecule has 6 heteroatoms. The molecule has 0 saturated heterocycles. The number of hydrogen-bond acceptors (Lipinski definition) is 2. The highest BCUT2D eigenvalue weighted by atomic mass is 127. The van der Waals surface area contributed by atoms with Crippen LogP contribution in [0, 0.1) is 9.52 Å². The molecule has 0 fully saturated rings. The van der Waals surface area contributed by atoms with Crippen molar-refractivity contribution in [1.82, 2.24) is 4.98 Å². The van der Waals surface area contributed by atoms with Crippen molar-refractivity contribution in [3.05, 3.63) is 21.1 Å². The van der Waals surface area contributed by atoms with Gasteiger partial charge in [0.25, 0.3) is 6.43 Å². The molecule has 0 unspecified atom stereocenters. The number of nitrogens with zero attached hydrogens (tertiary/aromatic N) is 1. The van der Waals surface area contributed by atoms with Crippen molar-refractivity contribution in [2.75, 3.05) is 5.73 Å². The molecule has 1 heterocycles. The zero-order valence-corrected chi connectivity index (χ0v) is 7.85. The van der Waals surface area contributed by atoms with E-state index in [4.69, 9.17) is 5.73 Å². The molecule has 2 nitrogen and oxygen atoms in total. The fourth-order valence-electron chi connectivity index (χ4n) is 0.728. The lowest BCUT2D eigenvalue weighted by molar-refractivity contribution is 0.150. The number of aromatic nitrogens is 1. The Balaban J connectivity index is 3.28. The maximum atomic E-state index is 12.4. The molecule has 2 N–H and O–H groups in total. The Morgan fingerprint density at radius 2 is 2.08 bits per heavy atom. The minimum absolute atomic E-state index is 0.0904. The van der Waals surface area contributed by atoms with E-state index in [1.807, 2.05) is 0 Å². The van der Waals surface area contributed by atoms with Crippen LogP contribution in [-0.4, -0.2) is 4.98 Å². The molecule has 0 atom stereocenters. The van der Waals surface area contributed by atoms with Crippen molar-refractivity contribution in [3.8, 4) is 0 Å². The average molecular weight is 288 g/mol. The number of hydrogen-bond donors (Lipinski definition) is 1. The average Bonchev–Trinajstić information content (AvgIpc) is 1.82. The van der Waals surface area contributed by atoms with E-state index in [2.05, 4.69) is 4.98 Å². The van der Waals surface area contributed by atoms with E-state index in [9.17, 15) is 13.2 Å². The summed E-state index contributed by atoms with van der Waals surface area (Å²) in [7, 11) is 0. The second kappa shape index (κ2) is 3.46. The first-order valence-electron chi connectivity index (χ1n) is 2.92. The van der Waals surface area contributed by atoms with Gasteiger partial charge in [-0.1, -0.05) is 0 Å². The summed E-state index contributed by atoms with van der Waals surface area (Å²) in [6.45, 7) is 0. The van der Waals surface area contributed by atoms with Crippen LogP contribution < -0.4 is 5.73 Å². The third kappa shape index (κ3) is 1.79. The number of nitrogen functional groups attached to an aromatic ring is 1. The SMILES string of the molecule is Nc1nc(F)cc(I)c1C(F)F. The summed E-state index contributed by atoms with van der Waals surface area (Å²) in [6.07, 6.45) is -2.72. The fraction of sp³-hybridized carbons (Fsp3) is 0.167. The van der Waals surface area contributed by atoms with Crippen molar-refractivity contribution in [3.63, 3.8) is 0 Å². The Hall–Kier alpha value is -0.530. The normalized spacial score (nSPS) is 10.8. The first-order valence-corrected chi connectivity index (χ1v) is 4.00. The minimum Gasteiger partial charge on any atom is -0.383 e. The van der Waals surface area contributed by atoms with E-state index in [-0.39, 0.29) is 3.57 Å². The van der Waals surface area contributed by atoms with Gasteiger partial charge in [-0.25, -0.2) is 13.8 Å². The summed E-state index contributed by atoms with van der Waals surface area (Å²) in [5.74, 6) is -1.30. The van der Waals surface area contributed by atoms with Crippen molar-refractivity contribution < 1.29 is 13.2 Å². The van der Waals surface area contributed by atoms with Crippen LogP contribution in [0.1, 0.15) is 12.0 Å². The summed E-state index contributed by atoms with van der Waals surface area (Å²) in [5, 5.41) is 0. The molecule has 0 radical (unpaired) electrons. The molecule has 66 valence electrons. The van der Waals surface area contributed by atoms with Crippen LogP contribution in [0.3, 0.4) is 0 Å². The summed E-state index contributed by atoms with van der Waals surface area (Å²) >= 11 is 1.59. The molecule has 0 spiro atoms. The molecule has 1 aromatic rings. The summed E-state index contributed by atoms with van der Waals surface area (Å²) in [6, 6.07) is 0.915. The summed E-state index contributed by atoms with van der Waals surface area (Å²) in [4.78, 5) is 3.08. The predicted molar refractivity (Wildman–Crippen MR) is 46.3 cm³/mol. The van der Waals surface area contributed by atoms with Crippen LogP contribution >= 0.6 is 22.6 Å². The van der Waals surface area contributed by atoms with E-state index < -0.39 is 23.8 Å². The molecule has 0 aliphatic carbocycles. The quantitative estimate of drug-likeness (QED) is 0.636. The lowest BCUT2D eigenvalue weighted by atomic mass is 10.3. The van der Waals surface area contributed by atoms with Gasteiger partial charge in [-0.05, 0) is 22.6 Å². The highest BCUT2D eigenvalue weighted by molar-refractivity contribution is 14.1. The molecule has 0 amide bonds. The van der Waals surface area contributed by atoms with Crippen LogP contribution in [0.5, 0.6) is 0 Å². The number of rotatable bonds is 1. The largest absolute Gasteiger partial charge is 0.383 e. The maximum Gasteiger partial charge on any atom is 0.268 e. The molecule has 0 aromatic carbocycles. The summed E-state index contributed by atoms with van der Waals surface area (Å²) < 4.78 is 36.9. The van der Waals surface area contributed by atoms with Crippen molar-refractivity contribution >= 4 is 28.4 Å². The van der Waals surface area contributed by atoms with Gasteiger partial charge in [0.1, 0.15) is 5.82 Å². The monoisotopic (exact) mass is 288 g/mol. The van der Waals surface area contributed by atoms with Gasteiger partial charge in [-0.3, -0.25) is 0 Å². The Bertz CT molecular complexity index is 280. The lowest BCUT2D eigenvalue weighted by Crippen LogP contribution is -2.02. The molecule has 1 rings (SSSR count). The van der Waals surface area contributed by atoms with Crippen molar-refractivity contribution in [2.45, 2.75) is 6.43 Å². The van der Waals surface area contributed by atoms with Gasteiger partial charge >= 0.3 is 0 Å². The van der Waals surface area contributed by atoms with E-state index in [0.717, 1.165) is 6.07 Å². The Morgan fingerprint density at radius 1 is 1.50 bits per heavy atom. The zero-order valence-electron chi connectivity index (χ0n) is 5.69. The Morgan fingerprint density at radius 3 is 2.50 bits per heavy atom. The first-order chi connectivity index (χ1) is 5.52. The summed E-state index contributed by atoms with van der Waals surface area (Å²) in [5.41, 5.74) is 4.68. The molecule has 0 bridgehead atoms. The van der Waals surface area contributed by atoms with E-state index in [1.54, 1.807) is 22.6 Å². The Kier molecular flexibility index (Phi) is 2.76. The first kappa shape index (κ1) is 9.56. The van der Waals surface area contributed by atoms with Gasteiger partial charge in [0.15, 0.2) is 0 Å². The third-order valence-electron chi connectivity index (χ3n) is 1.22. The van der Waals surface area contributed by atoms with Crippen molar-refractivity contribution in [1.29, 1.82) is 0 Å². The molecule has 0 aliphatic heterocycles. The van der Waals surface area contributed by atoms with Crippen LogP contribution in [0.15, 0.2) is 6.07 Å². The van der Waals surface area contributed by atoms with Crippen LogP contribution in [-0.2, 0) is 0 Å². The molecule has 12 heavy (non-hydrogen) atoms. The number of anilines is 1. The zero-order chi connectivity index (χ0) is 9.30. The number of halogens is 4. The van der Waals surface area contributed by atoms with Crippen LogP contribution in [0.25, 0.3) is 0 Å². The number of alkyl halides is 2. The predicted octanol–water partition coefficient (Wildman–Crippen LogP) is 2.35. The van der Waals surface area contributed by atoms with Gasteiger partial charge in [0.2, 0.25) is 5.95 Å². The highest BCUT2D eigenvalue weighted by Crippen LogP contribution is 2.28. The van der Waals surface area contributed by atoms with E-state index in [0.29, 0.717) is 0 Å². The van der Waals surface area contributed by atoms with Gasteiger partial charge in [0.05, 0.1) is 5.56 Å². The molecule has 0 aliphatic rings. The lowest BCUT2D eigenvalue weighted by Gasteiger charge is -2.05. The smallest absolute Gasteiger partial charge is 0.268 e.